The number of thiophene rings is 1. The first-order chi connectivity index (χ1) is 6.86. The summed E-state index contributed by atoms with van der Waals surface area (Å²) in [6.45, 7) is 0. The van der Waals surface area contributed by atoms with Crippen molar-refractivity contribution >= 4 is 21.6 Å². The number of rotatable bonds is 0. The van der Waals surface area contributed by atoms with E-state index in [4.69, 9.17) is 0 Å². The molecule has 0 amide bonds. The molecule has 0 N–H and O–H groups in total. The van der Waals surface area contributed by atoms with Crippen molar-refractivity contribution in [3.63, 3.8) is 0 Å². The molecule has 2 aromatic heterocycles. The molecule has 0 aromatic carbocycles. The summed E-state index contributed by atoms with van der Waals surface area (Å²) in [4.78, 5) is 10.1. The summed E-state index contributed by atoms with van der Waals surface area (Å²) >= 11 is 1.66. The summed E-state index contributed by atoms with van der Waals surface area (Å²) in [5.74, 6) is -0.102. The molecule has 2 aromatic rings. The van der Waals surface area contributed by atoms with Gasteiger partial charge in [0.15, 0.2) is 0 Å². The summed E-state index contributed by atoms with van der Waals surface area (Å²) in [5.41, 5.74) is 1.22. The van der Waals surface area contributed by atoms with E-state index in [0.717, 1.165) is 23.1 Å². The summed E-state index contributed by atoms with van der Waals surface area (Å²) in [7, 11) is 0. The summed E-state index contributed by atoms with van der Waals surface area (Å²) in [6, 6.07) is 0. The van der Waals surface area contributed by atoms with E-state index in [1.54, 1.807) is 11.3 Å². The van der Waals surface area contributed by atoms with Crippen LogP contribution in [0, 0.1) is 0 Å². The van der Waals surface area contributed by atoms with Gasteiger partial charge in [-0.25, -0.2) is 4.98 Å². The van der Waals surface area contributed by atoms with Gasteiger partial charge in [-0.3, -0.25) is 5.11 Å². The van der Waals surface area contributed by atoms with Crippen LogP contribution in [0.1, 0.15) is 23.3 Å². The molecular weight excluding hydrogens is 196 g/mol. The SMILES string of the molecule is [O]c1ncnc2sc3c(c12)CCCC3. The molecule has 1 aliphatic rings. The second-order valence-electron chi connectivity index (χ2n) is 3.57. The third-order valence-corrected chi connectivity index (χ3v) is 3.92. The Hall–Kier alpha value is -1.16. The molecule has 0 aliphatic heterocycles. The van der Waals surface area contributed by atoms with Crippen LogP contribution in [0.3, 0.4) is 0 Å². The number of fused-ring (bicyclic) bond motifs is 3. The first kappa shape index (κ1) is 8.17. The van der Waals surface area contributed by atoms with Crippen molar-refractivity contribution in [2.75, 3.05) is 0 Å². The van der Waals surface area contributed by atoms with Gasteiger partial charge in [0.2, 0.25) is 0 Å². The highest BCUT2D eigenvalue weighted by molar-refractivity contribution is 7.18. The second kappa shape index (κ2) is 2.92. The molecule has 14 heavy (non-hydrogen) atoms. The van der Waals surface area contributed by atoms with Gasteiger partial charge in [-0.15, -0.1) is 11.3 Å². The maximum atomic E-state index is 11.6. The predicted octanol–water partition coefficient (Wildman–Crippen LogP) is 2.71. The molecule has 0 bridgehead atoms. The Labute approximate surface area is 85.4 Å². The van der Waals surface area contributed by atoms with Crippen molar-refractivity contribution in [2.24, 2.45) is 0 Å². The molecule has 71 valence electrons. The normalized spacial score (nSPS) is 15.7. The largest absolute Gasteiger partial charge is 0.281 e. The Morgan fingerprint density at radius 3 is 3.00 bits per heavy atom. The Bertz CT molecular complexity index is 492. The molecule has 0 atom stereocenters. The van der Waals surface area contributed by atoms with Gasteiger partial charge < -0.3 is 0 Å². The molecule has 0 unspecified atom stereocenters. The van der Waals surface area contributed by atoms with Gasteiger partial charge in [-0.1, -0.05) is 0 Å². The summed E-state index contributed by atoms with van der Waals surface area (Å²) in [6.07, 6.45) is 5.93. The molecule has 3 nitrogen and oxygen atoms in total. The Morgan fingerprint density at radius 1 is 1.21 bits per heavy atom. The zero-order chi connectivity index (χ0) is 9.54. The van der Waals surface area contributed by atoms with Gasteiger partial charge in [0.1, 0.15) is 11.2 Å². The maximum Gasteiger partial charge on any atom is 0.281 e. The van der Waals surface area contributed by atoms with E-state index in [0.29, 0.717) is 0 Å². The number of aryl methyl sites for hydroxylation is 2. The predicted molar refractivity (Wildman–Crippen MR) is 54.2 cm³/mol. The minimum Gasteiger partial charge on any atom is -0.267 e. The van der Waals surface area contributed by atoms with E-state index in [2.05, 4.69) is 9.97 Å². The molecule has 2 heterocycles. The van der Waals surface area contributed by atoms with Crippen LogP contribution < -0.4 is 0 Å². The van der Waals surface area contributed by atoms with Crippen LogP contribution in [0.2, 0.25) is 0 Å². The lowest BCUT2D eigenvalue weighted by atomic mass is 9.97. The minimum absolute atomic E-state index is 0.102. The quantitative estimate of drug-likeness (QED) is 0.663. The van der Waals surface area contributed by atoms with Crippen molar-refractivity contribution in [2.45, 2.75) is 25.7 Å². The Kier molecular flexibility index (Phi) is 1.70. The standard InChI is InChI=1S/C10H9N2OS/c13-9-8-6-3-1-2-4-7(6)14-10(8)12-5-11-9/h5H,1-4H2. The van der Waals surface area contributed by atoms with Gasteiger partial charge in [0.25, 0.3) is 5.88 Å². The first-order valence-corrected chi connectivity index (χ1v) is 5.60. The van der Waals surface area contributed by atoms with Gasteiger partial charge in [0.05, 0.1) is 5.39 Å². The number of nitrogens with zero attached hydrogens (tertiary/aromatic N) is 2. The van der Waals surface area contributed by atoms with Crippen LogP contribution in [-0.4, -0.2) is 9.97 Å². The van der Waals surface area contributed by atoms with Crippen molar-refractivity contribution in [1.82, 2.24) is 9.97 Å². The average Bonchev–Trinajstić information content (AvgIpc) is 2.57. The lowest BCUT2D eigenvalue weighted by Crippen LogP contribution is -1.98. The van der Waals surface area contributed by atoms with E-state index < -0.39 is 0 Å². The van der Waals surface area contributed by atoms with Crippen LogP contribution in [0.4, 0.5) is 0 Å². The van der Waals surface area contributed by atoms with Gasteiger partial charge in [0, 0.05) is 4.88 Å². The second-order valence-corrected chi connectivity index (χ2v) is 4.65. The van der Waals surface area contributed by atoms with Crippen molar-refractivity contribution in [3.05, 3.63) is 16.8 Å². The Morgan fingerprint density at radius 2 is 2.07 bits per heavy atom. The lowest BCUT2D eigenvalue weighted by molar-refractivity contribution is 0.342. The molecular formula is C10H9N2OS. The van der Waals surface area contributed by atoms with E-state index in [9.17, 15) is 5.11 Å². The highest BCUT2D eigenvalue weighted by Crippen LogP contribution is 2.38. The summed E-state index contributed by atoms with van der Waals surface area (Å²) < 4.78 is 0. The molecule has 0 fully saturated rings. The van der Waals surface area contributed by atoms with Gasteiger partial charge in [-0.05, 0) is 31.2 Å². The molecule has 0 saturated heterocycles. The molecule has 0 saturated carbocycles. The van der Waals surface area contributed by atoms with Crippen LogP contribution in [0.25, 0.3) is 10.2 Å². The molecule has 1 aliphatic carbocycles. The smallest absolute Gasteiger partial charge is 0.267 e. The minimum atomic E-state index is -0.102. The van der Waals surface area contributed by atoms with Crippen LogP contribution in [-0.2, 0) is 17.9 Å². The highest BCUT2D eigenvalue weighted by atomic mass is 32.1. The zero-order valence-corrected chi connectivity index (χ0v) is 8.43. The van der Waals surface area contributed by atoms with Crippen molar-refractivity contribution in [3.8, 4) is 5.88 Å². The third kappa shape index (κ3) is 1.04. The lowest BCUT2D eigenvalue weighted by Gasteiger charge is -2.09. The topological polar surface area (TPSA) is 45.7 Å². The van der Waals surface area contributed by atoms with Crippen LogP contribution >= 0.6 is 11.3 Å². The van der Waals surface area contributed by atoms with Crippen LogP contribution in [0.5, 0.6) is 5.88 Å². The van der Waals surface area contributed by atoms with Gasteiger partial charge in [-0.2, -0.15) is 4.98 Å². The number of aromatic nitrogens is 2. The van der Waals surface area contributed by atoms with Crippen molar-refractivity contribution < 1.29 is 5.11 Å². The fourth-order valence-electron chi connectivity index (χ4n) is 2.06. The fraction of sp³-hybridized carbons (Fsp3) is 0.400. The summed E-state index contributed by atoms with van der Waals surface area (Å²) in [5, 5.41) is 12.4. The average molecular weight is 205 g/mol. The first-order valence-electron chi connectivity index (χ1n) is 4.78. The molecule has 3 rings (SSSR count). The van der Waals surface area contributed by atoms with E-state index in [1.165, 1.54) is 29.6 Å². The Balaban J connectivity index is 2.38. The van der Waals surface area contributed by atoms with Crippen LogP contribution in [0.15, 0.2) is 6.33 Å². The third-order valence-electron chi connectivity index (χ3n) is 2.72. The monoisotopic (exact) mass is 205 g/mol. The number of hydrogen-bond acceptors (Lipinski definition) is 3. The van der Waals surface area contributed by atoms with E-state index in [-0.39, 0.29) is 5.88 Å². The zero-order valence-electron chi connectivity index (χ0n) is 7.62. The highest BCUT2D eigenvalue weighted by Gasteiger charge is 2.19. The van der Waals surface area contributed by atoms with Gasteiger partial charge >= 0.3 is 0 Å². The number of hydrogen-bond donors (Lipinski definition) is 0. The van der Waals surface area contributed by atoms with E-state index in [1.807, 2.05) is 0 Å². The molecule has 1 radical (unpaired) electrons. The molecule has 0 spiro atoms. The van der Waals surface area contributed by atoms with E-state index >= 15 is 0 Å². The molecule has 4 heteroatoms. The fourth-order valence-corrected chi connectivity index (χ4v) is 3.28. The maximum absolute atomic E-state index is 11.6. The van der Waals surface area contributed by atoms with Crippen molar-refractivity contribution in [1.29, 1.82) is 0 Å².